The van der Waals surface area contributed by atoms with Crippen LogP contribution in [0.15, 0.2) is 79.9 Å². The van der Waals surface area contributed by atoms with Crippen molar-refractivity contribution in [3.05, 3.63) is 84.9 Å². The molecule has 3 aliphatic heterocycles. The van der Waals surface area contributed by atoms with Gasteiger partial charge in [0.05, 0.1) is 16.6 Å². The summed E-state index contributed by atoms with van der Waals surface area (Å²) >= 11 is 7.84. The van der Waals surface area contributed by atoms with E-state index in [1.54, 1.807) is 50.7 Å². The van der Waals surface area contributed by atoms with Crippen molar-refractivity contribution >= 4 is 52.5 Å². The Bertz CT molecular complexity index is 1360. The molecule has 2 aromatic carbocycles. The molecule has 0 aromatic heterocycles. The number of likely N-dealkylation sites (tertiary alicyclic amines) is 1. The smallest absolute Gasteiger partial charge is 0.251 e. The van der Waals surface area contributed by atoms with Gasteiger partial charge >= 0.3 is 0 Å². The van der Waals surface area contributed by atoms with E-state index in [1.807, 2.05) is 42.5 Å². The van der Waals surface area contributed by atoms with E-state index in [0.717, 1.165) is 18.5 Å². The van der Waals surface area contributed by atoms with Gasteiger partial charge in [0, 0.05) is 47.9 Å². The number of anilines is 2. The van der Waals surface area contributed by atoms with E-state index in [9.17, 15) is 19.5 Å². The minimum absolute atomic E-state index is 0.0530. The zero-order valence-corrected chi connectivity index (χ0v) is 26.2. The van der Waals surface area contributed by atoms with Crippen LogP contribution in [0.4, 0.5) is 11.4 Å². The fourth-order valence-electron chi connectivity index (χ4n) is 7.35. The number of benzene rings is 2. The highest BCUT2D eigenvalue weighted by Crippen LogP contribution is 2.69. The summed E-state index contributed by atoms with van der Waals surface area (Å²) < 4.78 is -0.738. The van der Waals surface area contributed by atoms with Crippen LogP contribution in [0.3, 0.4) is 0 Å². The number of amides is 3. The van der Waals surface area contributed by atoms with E-state index < -0.39 is 22.6 Å². The number of hydrogen-bond donors (Lipinski definition) is 1. The number of halogens is 1. The topological polar surface area (TPSA) is 81.2 Å². The van der Waals surface area contributed by atoms with E-state index in [-0.39, 0.29) is 42.0 Å². The van der Waals surface area contributed by atoms with Gasteiger partial charge in [0.1, 0.15) is 6.04 Å². The number of fused-ring (bicyclic) bond motifs is 1. The molecule has 0 radical (unpaired) electrons. The van der Waals surface area contributed by atoms with Crippen LogP contribution in [-0.4, -0.2) is 70.0 Å². The summed E-state index contributed by atoms with van der Waals surface area (Å²) in [4.78, 5) is 48.9. The number of para-hydroxylation sites is 1. The zero-order valence-electron chi connectivity index (χ0n) is 24.6. The molecule has 3 fully saturated rings. The van der Waals surface area contributed by atoms with Gasteiger partial charge in [0.15, 0.2) is 0 Å². The Morgan fingerprint density at radius 2 is 1.63 bits per heavy atom. The normalized spacial score (nSPS) is 27.2. The maximum Gasteiger partial charge on any atom is 0.251 e. The first-order valence-electron chi connectivity index (χ1n) is 15.0. The number of thioether (sulfide) groups is 1. The number of unbranched alkanes of at least 4 members (excludes halogenated alkanes) is 2. The van der Waals surface area contributed by atoms with Crippen molar-refractivity contribution in [3.8, 4) is 0 Å². The molecule has 2 aromatic rings. The summed E-state index contributed by atoms with van der Waals surface area (Å²) in [5, 5.41) is 9.85. The molecular formula is C34H40ClN3O4S. The first-order chi connectivity index (χ1) is 20.8. The van der Waals surface area contributed by atoms with E-state index >= 15 is 0 Å². The van der Waals surface area contributed by atoms with E-state index in [1.165, 1.54) is 0 Å². The summed E-state index contributed by atoms with van der Waals surface area (Å²) in [7, 11) is 0. The van der Waals surface area contributed by atoms with Gasteiger partial charge in [-0.15, -0.1) is 24.9 Å². The van der Waals surface area contributed by atoms with Crippen LogP contribution in [0.5, 0.6) is 0 Å². The average Bonchev–Trinajstić information content (AvgIpc) is 3.60. The Morgan fingerprint density at radius 1 is 1.00 bits per heavy atom. The molecule has 9 heteroatoms. The van der Waals surface area contributed by atoms with Gasteiger partial charge in [-0.2, -0.15) is 0 Å². The maximum absolute atomic E-state index is 14.8. The Kier molecular flexibility index (Phi) is 9.69. The fraction of sp³-hybridized carbons (Fsp3) is 0.441. The first kappa shape index (κ1) is 31.4. The Hall–Kier alpha value is -3.07. The number of aliphatic hydroxyl groups is 1. The highest BCUT2D eigenvalue weighted by atomic mass is 35.5. The van der Waals surface area contributed by atoms with Crippen LogP contribution in [0.25, 0.3) is 0 Å². The highest BCUT2D eigenvalue weighted by molar-refractivity contribution is 8.02. The standard InChI is InChI=1S/C34H40ClN3O4S/c1-4-18-36(25-12-8-6-9-13-25)31(40)28-27-22-23(3)34(43-27)29(28)32(41)38(20-10-7-11-21-39)30(34)33(42)37(19-5-2)26-16-14-24(35)15-17-26/h4-6,8-9,12-17,23,27-30,39H,1-2,7,10-11,18-22H2,3H3/t23?,27-,28+,29+,30?,34?/m1/s1. The second-order valence-electron chi connectivity index (χ2n) is 11.7. The van der Waals surface area contributed by atoms with Crippen molar-refractivity contribution in [3.63, 3.8) is 0 Å². The van der Waals surface area contributed by atoms with Crippen LogP contribution in [-0.2, 0) is 14.4 Å². The number of hydrogen-bond acceptors (Lipinski definition) is 5. The van der Waals surface area contributed by atoms with E-state index in [4.69, 9.17) is 11.6 Å². The average molecular weight is 622 g/mol. The summed E-state index contributed by atoms with van der Waals surface area (Å²) in [5.41, 5.74) is 1.45. The van der Waals surface area contributed by atoms with Gasteiger partial charge < -0.3 is 19.8 Å². The number of carbonyl (C=O) groups excluding carboxylic acids is 3. The lowest BCUT2D eigenvalue weighted by Gasteiger charge is -2.41. The first-order valence-corrected chi connectivity index (χ1v) is 16.3. The maximum atomic E-state index is 14.8. The monoisotopic (exact) mass is 621 g/mol. The largest absolute Gasteiger partial charge is 0.396 e. The van der Waals surface area contributed by atoms with E-state index in [0.29, 0.717) is 36.6 Å². The van der Waals surface area contributed by atoms with Crippen LogP contribution >= 0.6 is 23.4 Å². The third kappa shape index (κ3) is 5.54. The second-order valence-corrected chi connectivity index (χ2v) is 13.6. The van der Waals surface area contributed by atoms with Crippen molar-refractivity contribution in [2.24, 2.45) is 17.8 Å². The van der Waals surface area contributed by atoms with Gasteiger partial charge in [-0.05, 0) is 68.0 Å². The summed E-state index contributed by atoms with van der Waals surface area (Å²) in [6.45, 7) is 11.0. The SMILES string of the molecule is C=CCN(C(=O)C1N(CCCCCO)C(=O)[C@@H]2[C@@H](C(=O)N(CC=C)c3ccccc3)[C@H]3CC(C)C12S3)c1ccc(Cl)cc1. The predicted octanol–water partition coefficient (Wildman–Crippen LogP) is 5.58. The molecule has 5 rings (SSSR count). The molecule has 1 spiro atoms. The second kappa shape index (κ2) is 13.3. The molecule has 3 saturated heterocycles. The molecule has 3 aliphatic rings. The molecule has 228 valence electrons. The molecule has 1 N–H and O–H groups in total. The van der Waals surface area contributed by atoms with Gasteiger partial charge in [-0.1, -0.05) is 48.9 Å². The van der Waals surface area contributed by atoms with Crippen molar-refractivity contribution in [1.29, 1.82) is 0 Å². The molecule has 0 aliphatic carbocycles. The summed E-state index contributed by atoms with van der Waals surface area (Å²) in [6.07, 6.45) is 6.18. The van der Waals surface area contributed by atoms with Crippen LogP contribution in [0.2, 0.25) is 5.02 Å². The predicted molar refractivity (Wildman–Crippen MR) is 174 cm³/mol. The van der Waals surface area contributed by atoms with Crippen molar-refractivity contribution in [1.82, 2.24) is 4.90 Å². The van der Waals surface area contributed by atoms with Gasteiger partial charge in [0.2, 0.25) is 11.8 Å². The third-order valence-corrected chi connectivity index (χ3v) is 11.5. The molecule has 43 heavy (non-hydrogen) atoms. The lowest BCUT2D eigenvalue weighted by Crippen LogP contribution is -2.57. The number of carbonyl (C=O) groups is 3. The molecule has 7 nitrogen and oxygen atoms in total. The Balaban J connectivity index is 1.57. The molecule has 3 heterocycles. The molecule has 0 saturated carbocycles. The number of rotatable bonds is 13. The van der Waals surface area contributed by atoms with Crippen LogP contribution < -0.4 is 9.80 Å². The van der Waals surface area contributed by atoms with Crippen LogP contribution in [0.1, 0.15) is 32.6 Å². The minimum Gasteiger partial charge on any atom is -0.396 e. The van der Waals surface area contributed by atoms with Crippen molar-refractivity contribution in [2.45, 2.75) is 48.6 Å². The number of aliphatic hydroxyl groups excluding tert-OH is 1. The van der Waals surface area contributed by atoms with Gasteiger partial charge in [0.25, 0.3) is 5.91 Å². The fourth-order valence-corrected chi connectivity index (χ4v) is 9.89. The lowest BCUT2D eigenvalue weighted by molar-refractivity contribution is -0.139. The van der Waals surface area contributed by atoms with Crippen LogP contribution in [0, 0.1) is 17.8 Å². The summed E-state index contributed by atoms with van der Waals surface area (Å²) in [6, 6.07) is 15.9. The van der Waals surface area contributed by atoms with Crippen molar-refractivity contribution < 1.29 is 19.5 Å². The Morgan fingerprint density at radius 3 is 2.26 bits per heavy atom. The highest BCUT2D eigenvalue weighted by Gasteiger charge is 2.76. The summed E-state index contributed by atoms with van der Waals surface area (Å²) in [5.74, 6) is -1.49. The molecular weight excluding hydrogens is 582 g/mol. The quantitative estimate of drug-likeness (QED) is 0.233. The molecule has 6 atom stereocenters. The van der Waals surface area contributed by atoms with E-state index in [2.05, 4.69) is 20.1 Å². The lowest BCUT2D eigenvalue weighted by atomic mass is 9.65. The third-order valence-electron chi connectivity index (χ3n) is 9.18. The van der Waals surface area contributed by atoms with Gasteiger partial charge in [-0.3, -0.25) is 14.4 Å². The van der Waals surface area contributed by atoms with Gasteiger partial charge in [-0.25, -0.2) is 0 Å². The molecule has 3 unspecified atom stereocenters. The Labute approximate surface area is 263 Å². The molecule has 2 bridgehead atoms. The molecule has 3 amide bonds. The zero-order chi connectivity index (χ0) is 30.7. The van der Waals surface area contributed by atoms with Crippen molar-refractivity contribution in [2.75, 3.05) is 36.0 Å². The number of nitrogens with zero attached hydrogens (tertiary/aromatic N) is 3. The minimum atomic E-state index is -0.738.